The van der Waals surface area contributed by atoms with Crippen molar-refractivity contribution in [3.8, 4) is 11.3 Å². The molecular formula is C24H22N6O4. The third-order valence-corrected chi connectivity index (χ3v) is 5.26. The minimum absolute atomic E-state index is 0.196. The number of morpholine rings is 1. The van der Waals surface area contributed by atoms with E-state index in [1.807, 2.05) is 11.0 Å². The summed E-state index contributed by atoms with van der Waals surface area (Å²) in [5.74, 6) is -0.0976. The molecule has 172 valence electrons. The van der Waals surface area contributed by atoms with E-state index in [2.05, 4.69) is 25.6 Å². The second kappa shape index (κ2) is 9.28. The van der Waals surface area contributed by atoms with E-state index in [0.29, 0.717) is 42.0 Å². The van der Waals surface area contributed by atoms with Crippen LogP contribution in [-0.2, 0) is 9.53 Å². The zero-order chi connectivity index (χ0) is 23.5. The molecule has 3 aromatic heterocycles. The lowest BCUT2D eigenvalue weighted by Crippen LogP contribution is -2.36. The van der Waals surface area contributed by atoms with Crippen LogP contribution in [0.1, 0.15) is 17.4 Å². The summed E-state index contributed by atoms with van der Waals surface area (Å²) in [6.45, 7) is 4.15. The van der Waals surface area contributed by atoms with Crippen LogP contribution in [0.5, 0.6) is 0 Å². The first kappa shape index (κ1) is 21.5. The second-order valence-corrected chi connectivity index (χ2v) is 7.75. The quantitative estimate of drug-likeness (QED) is 0.467. The van der Waals surface area contributed by atoms with Crippen molar-refractivity contribution in [2.75, 3.05) is 41.8 Å². The number of nitrogens with one attached hydrogen (secondary N) is 2. The third-order valence-electron chi connectivity index (χ3n) is 5.26. The number of anilines is 3. The Morgan fingerprint density at radius 1 is 1.00 bits per heavy atom. The second-order valence-electron chi connectivity index (χ2n) is 7.75. The van der Waals surface area contributed by atoms with Crippen LogP contribution in [0.25, 0.3) is 22.4 Å². The first-order valence-corrected chi connectivity index (χ1v) is 10.8. The van der Waals surface area contributed by atoms with Gasteiger partial charge in [0.1, 0.15) is 17.0 Å². The number of ether oxygens (including phenoxy) is 1. The molecule has 1 aromatic carbocycles. The number of fused-ring (bicyclic) bond motifs is 1. The number of nitrogens with zero attached hydrogens (tertiary/aromatic N) is 4. The predicted octanol–water partition coefficient (Wildman–Crippen LogP) is 3.33. The van der Waals surface area contributed by atoms with Crippen LogP contribution in [0, 0.1) is 0 Å². The molecular weight excluding hydrogens is 436 g/mol. The van der Waals surface area contributed by atoms with Crippen LogP contribution >= 0.6 is 0 Å². The normalized spacial score (nSPS) is 13.6. The largest absolute Gasteiger partial charge is 0.423 e. The molecule has 10 heteroatoms. The maximum absolute atomic E-state index is 12.9. The first-order valence-electron chi connectivity index (χ1n) is 10.8. The number of pyridine rings is 2. The van der Waals surface area contributed by atoms with Gasteiger partial charge in [-0.1, -0.05) is 6.07 Å². The SMILES string of the molecule is CC(=O)Nc1ccc(-c2cccc(C(=O)Nc3ccc4nc(N5CCOCC5)oc4c3)n2)cn1. The Kier molecular flexibility index (Phi) is 5.88. The molecule has 0 radical (unpaired) electrons. The van der Waals surface area contributed by atoms with Gasteiger partial charge in [-0.2, -0.15) is 4.98 Å². The number of oxazole rings is 1. The smallest absolute Gasteiger partial charge is 0.298 e. The van der Waals surface area contributed by atoms with Crippen LogP contribution < -0.4 is 15.5 Å². The Hall–Kier alpha value is -4.31. The number of benzene rings is 1. The van der Waals surface area contributed by atoms with Gasteiger partial charge in [-0.05, 0) is 36.4 Å². The highest BCUT2D eigenvalue weighted by molar-refractivity contribution is 6.03. The van der Waals surface area contributed by atoms with Gasteiger partial charge in [-0.15, -0.1) is 0 Å². The van der Waals surface area contributed by atoms with Crippen molar-refractivity contribution in [3.05, 3.63) is 60.4 Å². The van der Waals surface area contributed by atoms with E-state index in [-0.39, 0.29) is 17.5 Å². The topological polar surface area (TPSA) is 122 Å². The number of hydrogen-bond acceptors (Lipinski definition) is 8. The summed E-state index contributed by atoms with van der Waals surface area (Å²) in [4.78, 5) is 39.3. The van der Waals surface area contributed by atoms with Gasteiger partial charge in [0.2, 0.25) is 5.91 Å². The Balaban J connectivity index is 1.31. The van der Waals surface area contributed by atoms with E-state index >= 15 is 0 Å². The average Bonchev–Trinajstić information content (AvgIpc) is 3.28. The van der Waals surface area contributed by atoms with Gasteiger partial charge in [0.15, 0.2) is 5.58 Å². The highest BCUT2D eigenvalue weighted by atomic mass is 16.5. The molecule has 0 aliphatic carbocycles. The third kappa shape index (κ3) is 4.71. The maximum Gasteiger partial charge on any atom is 0.298 e. The number of rotatable bonds is 5. The lowest BCUT2D eigenvalue weighted by molar-refractivity contribution is -0.114. The average molecular weight is 458 g/mol. The maximum atomic E-state index is 12.9. The summed E-state index contributed by atoms with van der Waals surface area (Å²) in [6, 6.07) is 14.5. The molecule has 1 saturated heterocycles. The zero-order valence-electron chi connectivity index (χ0n) is 18.4. The molecule has 0 spiro atoms. The van der Waals surface area contributed by atoms with Crippen molar-refractivity contribution in [1.29, 1.82) is 0 Å². The summed E-state index contributed by atoms with van der Waals surface area (Å²) >= 11 is 0. The summed E-state index contributed by atoms with van der Waals surface area (Å²) in [5, 5.41) is 5.48. The number of aromatic nitrogens is 3. The van der Waals surface area contributed by atoms with Crippen molar-refractivity contribution in [2.45, 2.75) is 6.92 Å². The van der Waals surface area contributed by atoms with Crippen LogP contribution in [0.15, 0.2) is 59.1 Å². The molecule has 10 nitrogen and oxygen atoms in total. The molecule has 0 unspecified atom stereocenters. The summed E-state index contributed by atoms with van der Waals surface area (Å²) in [6.07, 6.45) is 1.60. The number of hydrogen-bond donors (Lipinski definition) is 2. The van der Waals surface area contributed by atoms with Gasteiger partial charge in [-0.25, -0.2) is 9.97 Å². The lowest BCUT2D eigenvalue weighted by atomic mass is 10.1. The predicted molar refractivity (Wildman–Crippen MR) is 127 cm³/mol. The first-order chi connectivity index (χ1) is 16.5. The van der Waals surface area contributed by atoms with E-state index < -0.39 is 0 Å². The van der Waals surface area contributed by atoms with Gasteiger partial charge >= 0.3 is 0 Å². The Labute approximate surface area is 195 Å². The van der Waals surface area contributed by atoms with Crippen LogP contribution in [0.4, 0.5) is 17.5 Å². The van der Waals surface area contributed by atoms with Gasteiger partial charge in [-0.3, -0.25) is 9.59 Å². The fourth-order valence-corrected chi connectivity index (χ4v) is 3.60. The fourth-order valence-electron chi connectivity index (χ4n) is 3.60. The molecule has 2 amide bonds. The number of carbonyl (C=O) groups is 2. The molecule has 5 rings (SSSR count). The van der Waals surface area contributed by atoms with Crippen LogP contribution in [0.3, 0.4) is 0 Å². The number of amides is 2. The standard InChI is InChI=1S/C24H22N6O4/c1-15(31)26-22-8-5-16(14-25-22)18-3-2-4-20(28-18)23(32)27-17-6-7-19-21(13-17)34-24(29-19)30-9-11-33-12-10-30/h2-8,13-14H,9-12H2,1H3,(H,27,32)(H,25,26,31). The van der Waals surface area contributed by atoms with Crippen molar-refractivity contribution in [2.24, 2.45) is 0 Å². The molecule has 34 heavy (non-hydrogen) atoms. The fraction of sp³-hybridized carbons (Fsp3) is 0.208. The van der Waals surface area contributed by atoms with Gasteiger partial charge < -0.3 is 24.7 Å². The summed E-state index contributed by atoms with van der Waals surface area (Å²) in [5.41, 5.74) is 3.46. The minimum atomic E-state index is -0.350. The van der Waals surface area contributed by atoms with Crippen molar-refractivity contribution >= 4 is 40.4 Å². The van der Waals surface area contributed by atoms with E-state index in [9.17, 15) is 9.59 Å². The number of carbonyl (C=O) groups excluding carboxylic acids is 2. The zero-order valence-corrected chi connectivity index (χ0v) is 18.4. The molecule has 2 N–H and O–H groups in total. The Morgan fingerprint density at radius 3 is 2.62 bits per heavy atom. The van der Waals surface area contributed by atoms with Crippen molar-refractivity contribution < 1.29 is 18.7 Å². The van der Waals surface area contributed by atoms with Gasteiger partial charge in [0.25, 0.3) is 11.9 Å². The molecule has 4 aromatic rings. The minimum Gasteiger partial charge on any atom is -0.423 e. The molecule has 1 aliphatic rings. The molecule has 0 bridgehead atoms. The monoisotopic (exact) mass is 458 g/mol. The van der Waals surface area contributed by atoms with Crippen LogP contribution in [-0.4, -0.2) is 53.1 Å². The Bertz CT molecular complexity index is 1350. The molecule has 4 heterocycles. The Morgan fingerprint density at radius 2 is 1.85 bits per heavy atom. The van der Waals surface area contributed by atoms with E-state index in [4.69, 9.17) is 9.15 Å². The van der Waals surface area contributed by atoms with E-state index in [0.717, 1.165) is 24.2 Å². The van der Waals surface area contributed by atoms with Gasteiger partial charge in [0.05, 0.1) is 18.9 Å². The van der Waals surface area contributed by atoms with Crippen molar-refractivity contribution in [3.63, 3.8) is 0 Å². The van der Waals surface area contributed by atoms with E-state index in [1.54, 1.807) is 48.7 Å². The highest BCUT2D eigenvalue weighted by Gasteiger charge is 2.18. The molecule has 0 saturated carbocycles. The van der Waals surface area contributed by atoms with Gasteiger partial charge in [0, 0.05) is 43.5 Å². The molecule has 0 atom stereocenters. The van der Waals surface area contributed by atoms with E-state index in [1.165, 1.54) is 6.92 Å². The van der Waals surface area contributed by atoms with Crippen LogP contribution in [0.2, 0.25) is 0 Å². The summed E-state index contributed by atoms with van der Waals surface area (Å²) < 4.78 is 11.3. The molecule has 1 aliphatic heterocycles. The highest BCUT2D eigenvalue weighted by Crippen LogP contribution is 2.26. The molecule has 1 fully saturated rings. The lowest BCUT2D eigenvalue weighted by Gasteiger charge is -2.24. The van der Waals surface area contributed by atoms with Crippen molar-refractivity contribution in [1.82, 2.24) is 15.0 Å². The summed E-state index contributed by atoms with van der Waals surface area (Å²) in [7, 11) is 0.